The molecule has 0 saturated heterocycles. The van der Waals surface area contributed by atoms with Crippen LogP contribution in [0.3, 0.4) is 0 Å². The molecular weight excluding hydrogens is 228 g/mol. The molecule has 3 heteroatoms. The van der Waals surface area contributed by atoms with Crippen molar-refractivity contribution in [1.82, 2.24) is 4.98 Å². The highest BCUT2D eigenvalue weighted by atomic mass is 32.1. The molecule has 90 valence electrons. The lowest BCUT2D eigenvalue weighted by atomic mass is 9.85. The number of hydrogen-bond donors (Lipinski definition) is 1. The first-order valence-corrected chi connectivity index (χ1v) is 6.71. The summed E-state index contributed by atoms with van der Waals surface area (Å²) in [6, 6.07) is 10.3. The highest BCUT2D eigenvalue weighted by Gasteiger charge is 2.26. The summed E-state index contributed by atoms with van der Waals surface area (Å²) < 4.78 is 0. The third kappa shape index (κ3) is 2.73. The molecule has 0 aliphatic carbocycles. The van der Waals surface area contributed by atoms with E-state index in [2.05, 4.69) is 24.0 Å². The predicted octanol–water partition coefficient (Wildman–Crippen LogP) is 3.26. The van der Waals surface area contributed by atoms with Crippen LogP contribution >= 0.6 is 11.3 Å². The molecular formula is C14H18N2S. The van der Waals surface area contributed by atoms with Gasteiger partial charge >= 0.3 is 0 Å². The molecule has 2 aromatic rings. The summed E-state index contributed by atoms with van der Waals surface area (Å²) in [6.07, 6.45) is 3.73. The molecule has 0 bridgehead atoms. The fourth-order valence-corrected chi connectivity index (χ4v) is 2.92. The largest absolute Gasteiger partial charge is 0.321 e. The molecule has 2 N–H and O–H groups in total. The van der Waals surface area contributed by atoms with Crippen molar-refractivity contribution >= 4 is 11.3 Å². The number of nitrogens with two attached hydrogens (primary N) is 1. The average Bonchev–Trinajstić information content (AvgIpc) is 2.75. The van der Waals surface area contributed by atoms with Crippen LogP contribution in [0.5, 0.6) is 0 Å². The summed E-state index contributed by atoms with van der Waals surface area (Å²) in [4.78, 5) is 5.55. The van der Waals surface area contributed by atoms with Crippen molar-refractivity contribution in [2.45, 2.75) is 32.2 Å². The van der Waals surface area contributed by atoms with Gasteiger partial charge < -0.3 is 5.73 Å². The van der Waals surface area contributed by atoms with Crippen LogP contribution in [-0.2, 0) is 12.0 Å². The van der Waals surface area contributed by atoms with Gasteiger partial charge in [0.1, 0.15) is 0 Å². The van der Waals surface area contributed by atoms with Gasteiger partial charge in [-0.25, -0.2) is 4.98 Å². The van der Waals surface area contributed by atoms with E-state index in [0.29, 0.717) is 0 Å². The van der Waals surface area contributed by atoms with Gasteiger partial charge in [0.25, 0.3) is 0 Å². The summed E-state index contributed by atoms with van der Waals surface area (Å²) in [5.74, 6) is 0. The second kappa shape index (κ2) is 4.98. The van der Waals surface area contributed by atoms with Crippen LogP contribution in [0.15, 0.2) is 36.5 Å². The molecule has 0 amide bonds. The van der Waals surface area contributed by atoms with Gasteiger partial charge in [0, 0.05) is 23.0 Å². The maximum Gasteiger partial charge on any atom is 0.0896 e. The Hall–Kier alpha value is -1.19. The summed E-state index contributed by atoms with van der Waals surface area (Å²) in [5.41, 5.74) is 7.46. The zero-order valence-corrected chi connectivity index (χ0v) is 11.1. The van der Waals surface area contributed by atoms with Crippen molar-refractivity contribution in [2.24, 2.45) is 5.73 Å². The molecule has 0 fully saturated rings. The molecule has 17 heavy (non-hydrogen) atoms. The summed E-state index contributed by atoms with van der Waals surface area (Å²) in [7, 11) is 0. The fourth-order valence-electron chi connectivity index (χ4n) is 2.00. The van der Waals surface area contributed by atoms with Crippen LogP contribution in [0.25, 0.3) is 0 Å². The van der Waals surface area contributed by atoms with Crippen LogP contribution in [0.1, 0.15) is 28.8 Å². The number of benzene rings is 1. The number of aromatic nitrogens is 1. The summed E-state index contributed by atoms with van der Waals surface area (Å²) in [5, 5.41) is 1.10. The average molecular weight is 246 g/mol. The monoisotopic (exact) mass is 246 g/mol. The summed E-state index contributed by atoms with van der Waals surface area (Å²) >= 11 is 1.73. The second-order valence-corrected chi connectivity index (χ2v) is 5.72. The third-order valence-corrected chi connectivity index (χ3v) is 4.05. The molecule has 2 nitrogen and oxygen atoms in total. The lowest BCUT2D eigenvalue weighted by molar-refractivity contribution is 0.428. The van der Waals surface area contributed by atoms with Gasteiger partial charge in [-0.15, -0.1) is 11.3 Å². The smallest absolute Gasteiger partial charge is 0.0896 e. The minimum atomic E-state index is -0.278. The third-order valence-electron chi connectivity index (χ3n) is 3.14. The molecule has 0 aliphatic rings. The highest BCUT2D eigenvalue weighted by molar-refractivity contribution is 7.11. The van der Waals surface area contributed by atoms with Crippen molar-refractivity contribution in [3.63, 3.8) is 0 Å². The minimum absolute atomic E-state index is 0.278. The van der Waals surface area contributed by atoms with Crippen molar-refractivity contribution in [2.75, 3.05) is 0 Å². The van der Waals surface area contributed by atoms with E-state index in [-0.39, 0.29) is 5.54 Å². The Kier molecular flexibility index (Phi) is 3.60. The predicted molar refractivity (Wildman–Crippen MR) is 73.2 cm³/mol. The van der Waals surface area contributed by atoms with E-state index in [1.807, 2.05) is 31.3 Å². The van der Waals surface area contributed by atoms with Gasteiger partial charge in [0.15, 0.2) is 0 Å². The van der Waals surface area contributed by atoms with Crippen LogP contribution in [-0.4, -0.2) is 4.98 Å². The fraction of sp³-hybridized carbons (Fsp3) is 0.357. The normalized spacial score (nSPS) is 14.5. The molecule has 1 heterocycles. The first kappa shape index (κ1) is 12.3. The molecule has 2 rings (SSSR count). The van der Waals surface area contributed by atoms with E-state index in [0.717, 1.165) is 17.8 Å². The van der Waals surface area contributed by atoms with Gasteiger partial charge in [-0.2, -0.15) is 0 Å². The first-order chi connectivity index (χ1) is 8.14. The van der Waals surface area contributed by atoms with Gasteiger partial charge in [-0.1, -0.05) is 37.3 Å². The number of aryl methyl sites for hydroxylation is 1. The first-order valence-electron chi connectivity index (χ1n) is 5.90. The Labute approximate surface area is 107 Å². The quantitative estimate of drug-likeness (QED) is 0.899. The molecule has 0 spiro atoms. The highest BCUT2D eigenvalue weighted by Crippen LogP contribution is 2.28. The van der Waals surface area contributed by atoms with Crippen LogP contribution in [0, 0.1) is 6.92 Å². The summed E-state index contributed by atoms with van der Waals surface area (Å²) in [6.45, 7) is 4.17. The topological polar surface area (TPSA) is 38.9 Å². The Morgan fingerprint density at radius 2 is 2.00 bits per heavy atom. The zero-order valence-electron chi connectivity index (χ0n) is 10.3. The molecule has 0 aliphatic heterocycles. The number of rotatable bonds is 4. The van der Waals surface area contributed by atoms with Crippen molar-refractivity contribution in [3.05, 3.63) is 52.0 Å². The molecule has 1 aromatic carbocycles. The van der Waals surface area contributed by atoms with E-state index >= 15 is 0 Å². The Balaban J connectivity index is 2.26. The van der Waals surface area contributed by atoms with Gasteiger partial charge in [-0.3, -0.25) is 0 Å². The Morgan fingerprint density at radius 3 is 2.53 bits per heavy atom. The van der Waals surface area contributed by atoms with Gasteiger partial charge in [0.2, 0.25) is 0 Å². The molecule has 1 unspecified atom stereocenters. The van der Waals surface area contributed by atoms with Crippen molar-refractivity contribution < 1.29 is 0 Å². The lowest BCUT2D eigenvalue weighted by Gasteiger charge is -2.28. The standard InChI is InChI=1S/C14H18N2S/c1-3-14(15,12-7-5-4-6-8-12)9-13-10-16-11(2)17-13/h4-8,10H,3,9,15H2,1-2H3. The van der Waals surface area contributed by atoms with E-state index in [1.54, 1.807) is 11.3 Å². The molecule has 1 atom stereocenters. The van der Waals surface area contributed by atoms with E-state index in [1.165, 1.54) is 10.4 Å². The van der Waals surface area contributed by atoms with E-state index in [4.69, 9.17) is 5.73 Å². The molecule has 0 radical (unpaired) electrons. The Bertz CT molecular complexity index is 478. The van der Waals surface area contributed by atoms with Crippen LogP contribution in [0.4, 0.5) is 0 Å². The maximum atomic E-state index is 6.54. The van der Waals surface area contributed by atoms with Gasteiger partial charge in [-0.05, 0) is 18.9 Å². The number of nitrogens with zero attached hydrogens (tertiary/aromatic N) is 1. The molecule has 1 aromatic heterocycles. The Morgan fingerprint density at radius 1 is 1.29 bits per heavy atom. The maximum absolute atomic E-state index is 6.54. The van der Waals surface area contributed by atoms with Crippen molar-refractivity contribution in [3.8, 4) is 0 Å². The van der Waals surface area contributed by atoms with Crippen LogP contribution in [0.2, 0.25) is 0 Å². The van der Waals surface area contributed by atoms with Crippen LogP contribution < -0.4 is 5.73 Å². The van der Waals surface area contributed by atoms with Gasteiger partial charge in [0.05, 0.1) is 5.01 Å². The SMILES string of the molecule is CCC(N)(Cc1cnc(C)s1)c1ccccc1. The van der Waals surface area contributed by atoms with E-state index < -0.39 is 0 Å². The minimum Gasteiger partial charge on any atom is -0.321 e. The van der Waals surface area contributed by atoms with E-state index in [9.17, 15) is 0 Å². The number of hydrogen-bond acceptors (Lipinski definition) is 3. The zero-order chi connectivity index (χ0) is 12.3. The second-order valence-electron chi connectivity index (χ2n) is 4.40. The molecule has 0 saturated carbocycles. The number of thiazole rings is 1. The van der Waals surface area contributed by atoms with Crippen molar-refractivity contribution in [1.29, 1.82) is 0 Å². The lowest BCUT2D eigenvalue weighted by Crippen LogP contribution is -2.38.